The molecule has 4 heteroatoms. The van der Waals surface area contributed by atoms with Gasteiger partial charge in [0.25, 0.3) is 0 Å². The highest BCUT2D eigenvalue weighted by molar-refractivity contribution is 6.12. The van der Waals surface area contributed by atoms with Gasteiger partial charge in [-0.05, 0) is 31.9 Å². The van der Waals surface area contributed by atoms with E-state index < -0.39 is 0 Å². The van der Waals surface area contributed by atoms with Gasteiger partial charge in [0.05, 0.1) is 0 Å². The van der Waals surface area contributed by atoms with Crippen LogP contribution in [0.3, 0.4) is 0 Å². The SMILES string of the molecule is Cc1cnc2c(O)c(C(=O)c3ccccc3)nc(C)c2c1C. The van der Waals surface area contributed by atoms with Crippen molar-refractivity contribution in [2.24, 2.45) is 0 Å². The third kappa shape index (κ3) is 2.13. The van der Waals surface area contributed by atoms with Gasteiger partial charge < -0.3 is 5.11 Å². The highest BCUT2D eigenvalue weighted by Gasteiger charge is 2.21. The summed E-state index contributed by atoms with van der Waals surface area (Å²) < 4.78 is 0. The highest BCUT2D eigenvalue weighted by Crippen LogP contribution is 2.32. The summed E-state index contributed by atoms with van der Waals surface area (Å²) in [6.45, 7) is 5.76. The Kier molecular flexibility index (Phi) is 3.37. The molecule has 2 heterocycles. The van der Waals surface area contributed by atoms with E-state index in [0.717, 1.165) is 16.5 Å². The second kappa shape index (κ2) is 5.22. The molecule has 0 aliphatic carbocycles. The minimum Gasteiger partial charge on any atom is -0.504 e. The molecule has 0 aliphatic heterocycles. The van der Waals surface area contributed by atoms with Crippen molar-refractivity contribution in [2.75, 3.05) is 0 Å². The molecule has 110 valence electrons. The Labute approximate surface area is 128 Å². The highest BCUT2D eigenvalue weighted by atomic mass is 16.3. The van der Waals surface area contributed by atoms with Crippen molar-refractivity contribution < 1.29 is 9.90 Å². The van der Waals surface area contributed by atoms with Crippen molar-refractivity contribution in [1.29, 1.82) is 0 Å². The van der Waals surface area contributed by atoms with Crippen LogP contribution in [0.15, 0.2) is 36.5 Å². The largest absolute Gasteiger partial charge is 0.504 e. The first kappa shape index (κ1) is 14.2. The van der Waals surface area contributed by atoms with E-state index in [4.69, 9.17) is 0 Å². The first-order valence-corrected chi connectivity index (χ1v) is 7.06. The lowest BCUT2D eigenvalue weighted by Crippen LogP contribution is -2.07. The van der Waals surface area contributed by atoms with Gasteiger partial charge in [-0.15, -0.1) is 0 Å². The summed E-state index contributed by atoms with van der Waals surface area (Å²) in [5.41, 5.74) is 3.71. The molecule has 0 saturated carbocycles. The fourth-order valence-electron chi connectivity index (χ4n) is 2.59. The van der Waals surface area contributed by atoms with E-state index >= 15 is 0 Å². The summed E-state index contributed by atoms with van der Waals surface area (Å²) in [5, 5.41) is 11.3. The number of fused-ring (bicyclic) bond motifs is 1. The Morgan fingerprint density at radius 2 is 1.77 bits per heavy atom. The maximum absolute atomic E-state index is 12.6. The van der Waals surface area contributed by atoms with Crippen molar-refractivity contribution >= 4 is 16.7 Å². The average molecular weight is 292 g/mol. The van der Waals surface area contributed by atoms with Crippen LogP contribution in [0.5, 0.6) is 5.75 Å². The van der Waals surface area contributed by atoms with E-state index in [2.05, 4.69) is 9.97 Å². The fraction of sp³-hybridized carbons (Fsp3) is 0.167. The fourth-order valence-corrected chi connectivity index (χ4v) is 2.59. The summed E-state index contributed by atoms with van der Waals surface area (Å²) >= 11 is 0. The average Bonchev–Trinajstić information content (AvgIpc) is 2.53. The molecule has 3 aromatic rings. The summed E-state index contributed by atoms with van der Waals surface area (Å²) in [7, 11) is 0. The quantitative estimate of drug-likeness (QED) is 0.734. The lowest BCUT2D eigenvalue weighted by molar-refractivity contribution is 0.103. The number of ketones is 1. The van der Waals surface area contributed by atoms with E-state index in [1.807, 2.05) is 26.8 Å². The van der Waals surface area contributed by atoms with Crippen LogP contribution in [-0.2, 0) is 0 Å². The Morgan fingerprint density at radius 1 is 1.09 bits per heavy atom. The minimum atomic E-state index is -0.303. The molecule has 0 atom stereocenters. The van der Waals surface area contributed by atoms with Crippen molar-refractivity contribution in [3.05, 3.63) is 64.6 Å². The van der Waals surface area contributed by atoms with Crippen LogP contribution in [0.25, 0.3) is 10.9 Å². The number of benzene rings is 1. The number of carbonyl (C=O) groups is 1. The molecule has 3 rings (SSSR count). The Balaban J connectivity index is 2.27. The molecule has 0 fully saturated rings. The van der Waals surface area contributed by atoms with Crippen molar-refractivity contribution in [2.45, 2.75) is 20.8 Å². The number of nitrogens with zero attached hydrogens (tertiary/aromatic N) is 2. The van der Waals surface area contributed by atoms with Crippen molar-refractivity contribution in [1.82, 2.24) is 9.97 Å². The number of hydrogen-bond acceptors (Lipinski definition) is 4. The standard InChI is InChI=1S/C18H16N2O2/c1-10-9-19-15-14(11(10)2)12(3)20-16(18(15)22)17(21)13-7-5-4-6-8-13/h4-9,22H,1-3H3. The smallest absolute Gasteiger partial charge is 0.215 e. The van der Waals surface area contributed by atoms with Crippen LogP contribution < -0.4 is 0 Å². The monoisotopic (exact) mass is 292 g/mol. The topological polar surface area (TPSA) is 63.1 Å². The lowest BCUT2D eigenvalue weighted by atomic mass is 10.0. The van der Waals surface area contributed by atoms with E-state index in [1.165, 1.54) is 0 Å². The van der Waals surface area contributed by atoms with Crippen LogP contribution in [-0.4, -0.2) is 20.9 Å². The molecule has 0 spiro atoms. The summed E-state index contributed by atoms with van der Waals surface area (Å²) in [6, 6.07) is 8.81. The number of hydrogen-bond donors (Lipinski definition) is 1. The minimum absolute atomic E-state index is 0.0481. The van der Waals surface area contributed by atoms with Gasteiger partial charge in [0.2, 0.25) is 5.78 Å². The van der Waals surface area contributed by atoms with E-state index in [1.54, 1.807) is 30.5 Å². The number of aromatic nitrogens is 2. The van der Waals surface area contributed by atoms with Crippen LogP contribution in [0, 0.1) is 20.8 Å². The summed E-state index contributed by atoms with van der Waals surface area (Å²) in [6.07, 6.45) is 1.70. The predicted molar refractivity (Wildman–Crippen MR) is 85.3 cm³/mol. The van der Waals surface area contributed by atoms with Gasteiger partial charge in [-0.2, -0.15) is 0 Å². The zero-order chi connectivity index (χ0) is 15.9. The molecule has 2 aromatic heterocycles. The van der Waals surface area contributed by atoms with Gasteiger partial charge in [-0.25, -0.2) is 4.98 Å². The molecule has 0 radical (unpaired) electrons. The Hall–Kier alpha value is -2.75. The van der Waals surface area contributed by atoms with Crippen molar-refractivity contribution in [3.8, 4) is 5.75 Å². The number of rotatable bonds is 2. The van der Waals surface area contributed by atoms with Crippen molar-refractivity contribution in [3.63, 3.8) is 0 Å². The molecular weight excluding hydrogens is 276 g/mol. The maximum Gasteiger partial charge on any atom is 0.215 e. The van der Waals surface area contributed by atoms with Gasteiger partial charge in [-0.1, -0.05) is 30.3 Å². The third-order valence-corrected chi connectivity index (χ3v) is 3.93. The molecule has 0 unspecified atom stereocenters. The molecule has 1 aromatic carbocycles. The first-order chi connectivity index (χ1) is 10.5. The number of pyridine rings is 2. The summed E-state index contributed by atoms with van der Waals surface area (Å²) in [5.74, 6) is -0.458. The number of aromatic hydroxyl groups is 1. The molecule has 0 saturated heterocycles. The Bertz CT molecular complexity index is 887. The zero-order valence-electron chi connectivity index (χ0n) is 12.7. The Morgan fingerprint density at radius 3 is 2.45 bits per heavy atom. The predicted octanol–water partition coefficient (Wildman–Crippen LogP) is 3.49. The normalized spacial score (nSPS) is 10.9. The van der Waals surface area contributed by atoms with Gasteiger partial charge in [-0.3, -0.25) is 9.78 Å². The van der Waals surface area contributed by atoms with E-state index in [0.29, 0.717) is 16.8 Å². The molecule has 0 amide bonds. The molecule has 22 heavy (non-hydrogen) atoms. The van der Waals surface area contributed by atoms with Crippen LogP contribution in [0.2, 0.25) is 0 Å². The van der Waals surface area contributed by atoms with Gasteiger partial charge in [0.15, 0.2) is 11.4 Å². The third-order valence-electron chi connectivity index (χ3n) is 3.93. The van der Waals surface area contributed by atoms with Gasteiger partial charge >= 0.3 is 0 Å². The summed E-state index contributed by atoms with van der Waals surface area (Å²) in [4.78, 5) is 21.2. The maximum atomic E-state index is 12.6. The first-order valence-electron chi connectivity index (χ1n) is 7.06. The van der Waals surface area contributed by atoms with Gasteiger partial charge in [0, 0.05) is 22.8 Å². The van der Waals surface area contributed by atoms with Crippen LogP contribution in [0.1, 0.15) is 32.9 Å². The number of aryl methyl sites for hydroxylation is 3. The van der Waals surface area contributed by atoms with Crippen LogP contribution >= 0.6 is 0 Å². The zero-order valence-corrected chi connectivity index (χ0v) is 12.7. The second-order valence-corrected chi connectivity index (χ2v) is 5.38. The number of carbonyl (C=O) groups excluding carboxylic acids is 1. The van der Waals surface area contributed by atoms with Gasteiger partial charge in [0.1, 0.15) is 5.52 Å². The molecular formula is C18H16N2O2. The lowest BCUT2D eigenvalue weighted by Gasteiger charge is -2.12. The van der Waals surface area contributed by atoms with E-state index in [9.17, 15) is 9.90 Å². The van der Waals surface area contributed by atoms with E-state index in [-0.39, 0.29) is 17.2 Å². The molecule has 0 bridgehead atoms. The molecule has 0 aliphatic rings. The molecule has 1 N–H and O–H groups in total. The van der Waals surface area contributed by atoms with Crippen LogP contribution in [0.4, 0.5) is 0 Å². The second-order valence-electron chi connectivity index (χ2n) is 5.38. The molecule has 4 nitrogen and oxygen atoms in total.